The first-order valence-corrected chi connectivity index (χ1v) is 9.36. The Kier molecular flexibility index (Phi) is 6.46. The largest absolute Gasteiger partial charge is 0.339 e. The zero-order valence-corrected chi connectivity index (χ0v) is 16.2. The SMILES string of the molecule is Cl.NCc1ccc(C(=O)N2CCCN(Cc3noc(C4CC4)n3)CC2)cc1. The maximum Gasteiger partial charge on any atom is 0.253 e. The fourth-order valence-corrected chi connectivity index (χ4v) is 3.33. The van der Waals surface area contributed by atoms with Crippen LogP contribution in [0.3, 0.4) is 0 Å². The van der Waals surface area contributed by atoms with E-state index in [1.54, 1.807) is 0 Å². The van der Waals surface area contributed by atoms with Crippen LogP contribution in [-0.4, -0.2) is 52.0 Å². The van der Waals surface area contributed by atoms with Crippen molar-refractivity contribution in [3.05, 3.63) is 47.1 Å². The number of nitrogens with two attached hydrogens (primary N) is 1. The van der Waals surface area contributed by atoms with Gasteiger partial charge in [-0.05, 0) is 37.0 Å². The molecule has 2 heterocycles. The van der Waals surface area contributed by atoms with E-state index in [1.807, 2.05) is 29.2 Å². The van der Waals surface area contributed by atoms with Gasteiger partial charge in [-0.2, -0.15) is 4.98 Å². The van der Waals surface area contributed by atoms with Crippen molar-refractivity contribution in [1.82, 2.24) is 19.9 Å². The molecule has 0 radical (unpaired) electrons. The van der Waals surface area contributed by atoms with Crippen LogP contribution >= 0.6 is 12.4 Å². The average Bonchev–Trinajstić information content (AvgIpc) is 3.46. The number of hydrogen-bond donors (Lipinski definition) is 1. The molecular weight excluding hydrogens is 366 g/mol. The molecule has 0 spiro atoms. The van der Waals surface area contributed by atoms with Crippen LogP contribution in [0.4, 0.5) is 0 Å². The van der Waals surface area contributed by atoms with Crippen LogP contribution in [0.15, 0.2) is 28.8 Å². The fraction of sp³-hybridized carbons (Fsp3) is 0.526. The molecule has 0 bridgehead atoms. The standard InChI is InChI=1S/C19H25N5O2.ClH/c20-12-14-2-4-16(5-3-14)19(25)24-9-1-8-23(10-11-24)13-17-21-18(26-22-17)15-6-7-15;/h2-5,15H,1,6-13,20H2;1H. The predicted molar refractivity (Wildman–Crippen MR) is 104 cm³/mol. The van der Waals surface area contributed by atoms with Gasteiger partial charge in [0.1, 0.15) is 0 Å². The highest BCUT2D eigenvalue weighted by Gasteiger charge is 2.30. The van der Waals surface area contributed by atoms with Crippen LogP contribution in [-0.2, 0) is 13.1 Å². The number of nitrogens with zero attached hydrogens (tertiary/aromatic N) is 4. The van der Waals surface area contributed by atoms with Crippen LogP contribution in [0.5, 0.6) is 0 Å². The molecule has 8 heteroatoms. The van der Waals surface area contributed by atoms with Crippen molar-refractivity contribution in [2.24, 2.45) is 5.73 Å². The topological polar surface area (TPSA) is 88.5 Å². The molecule has 0 unspecified atom stereocenters. The Morgan fingerprint density at radius 3 is 2.63 bits per heavy atom. The summed E-state index contributed by atoms with van der Waals surface area (Å²) in [5, 5.41) is 4.10. The van der Waals surface area contributed by atoms with Gasteiger partial charge in [-0.25, -0.2) is 0 Å². The Labute approximate surface area is 165 Å². The normalized spacial score (nSPS) is 18.0. The zero-order chi connectivity index (χ0) is 17.9. The van der Waals surface area contributed by atoms with E-state index in [4.69, 9.17) is 10.3 Å². The average molecular weight is 392 g/mol. The highest BCUT2D eigenvalue weighted by molar-refractivity contribution is 5.94. The van der Waals surface area contributed by atoms with E-state index < -0.39 is 0 Å². The highest BCUT2D eigenvalue weighted by atomic mass is 35.5. The summed E-state index contributed by atoms with van der Waals surface area (Å²) < 4.78 is 5.34. The van der Waals surface area contributed by atoms with Crippen LogP contribution < -0.4 is 5.73 Å². The maximum absolute atomic E-state index is 12.7. The molecule has 1 aromatic carbocycles. The lowest BCUT2D eigenvalue weighted by atomic mass is 10.1. The number of hydrogen-bond acceptors (Lipinski definition) is 6. The van der Waals surface area contributed by atoms with E-state index in [-0.39, 0.29) is 18.3 Å². The van der Waals surface area contributed by atoms with Crippen LogP contribution in [0.25, 0.3) is 0 Å². The van der Waals surface area contributed by atoms with Gasteiger partial charge in [0.2, 0.25) is 5.89 Å². The summed E-state index contributed by atoms with van der Waals surface area (Å²) in [5.74, 6) is 2.11. The van der Waals surface area contributed by atoms with Crippen molar-refractivity contribution in [2.75, 3.05) is 26.2 Å². The summed E-state index contributed by atoms with van der Waals surface area (Å²) in [4.78, 5) is 21.5. The van der Waals surface area contributed by atoms with E-state index in [0.29, 0.717) is 25.6 Å². The van der Waals surface area contributed by atoms with Crippen molar-refractivity contribution in [3.63, 3.8) is 0 Å². The third kappa shape index (κ3) is 4.86. The van der Waals surface area contributed by atoms with Crippen molar-refractivity contribution in [1.29, 1.82) is 0 Å². The third-order valence-corrected chi connectivity index (χ3v) is 5.09. The second kappa shape index (κ2) is 8.82. The Morgan fingerprint density at radius 2 is 1.93 bits per heavy atom. The van der Waals surface area contributed by atoms with Gasteiger partial charge in [0.25, 0.3) is 5.91 Å². The lowest BCUT2D eigenvalue weighted by molar-refractivity contribution is 0.0761. The van der Waals surface area contributed by atoms with Gasteiger partial charge in [0.15, 0.2) is 5.82 Å². The molecule has 1 aromatic heterocycles. The minimum atomic E-state index is 0. The second-order valence-electron chi connectivity index (χ2n) is 7.15. The second-order valence-corrected chi connectivity index (χ2v) is 7.15. The van der Waals surface area contributed by atoms with Gasteiger partial charge in [0, 0.05) is 44.2 Å². The Balaban J connectivity index is 0.00000210. The summed E-state index contributed by atoms with van der Waals surface area (Å²) in [6.07, 6.45) is 3.27. The van der Waals surface area contributed by atoms with Gasteiger partial charge in [-0.15, -0.1) is 12.4 Å². The number of carbonyl (C=O) groups is 1. The summed E-state index contributed by atoms with van der Waals surface area (Å²) >= 11 is 0. The summed E-state index contributed by atoms with van der Waals surface area (Å²) in [7, 11) is 0. The molecule has 2 aliphatic rings. The zero-order valence-electron chi connectivity index (χ0n) is 15.3. The Morgan fingerprint density at radius 1 is 1.15 bits per heavy atom. The van der Waals surface area contributed by atoms with Gasteiger partial charge < -0.3 is 15.2 Å². The quantitative estimate of drug-likeness (QED) is 0.840. The van der Waals surface area contributed by atoms with Gasteiger partial charge in [-0.3, -0.25) is 9.69 Å². The van der Waals surface area contributed by atoms with E-state index in [1.165, 1.54) is 0 Å². The summed E-state index contributed by atoms with van der Waals surface area (Å²) in [6.45, 7) is 4.41. The van der Waals surface area contributed by atoms with Crippen LogP contribution in [0, 0.1) is 0 Å². The number of aromatic nitrogens is 2. The van der Waals surface area contributed by atoms with E-state index in [0.717, 1.165) is 61.7 Å². The molecule has 4 rings (SSSR count). The minimum Gasteiger partial charge on any atom is -0.339 e. The molecule has 7 nitrogen and oxygen atoms in total. The molecule has 146 valence electrons. The fourth-order valence-electron chi connectivity index (χ4n) is 3.33. The number of benzene rings is 1. The summed E-state index contributed by atoms with van der Waals surface area (Å²) in [5.41, 5.74) is 7.38. The molecule has 2 N–H and O–H groups in total. The summed E-state index contributed by atoms with van der Waals surface area (Å²) in [6, 6.07) is 7.58. The predicted octanol–water partition coefficient (Wildman–Crippen LogP) is 2.18. The first-order valence-electron chi connectivity index (χ1n) is 9.36. The Hall–Kier alpha value is -1.96. The molecule has 2 fully saturated rings. The molecule has 1 saturated heterocycles. The number of halogens is 1. The molecule has 1 saturated carbocycles. The van der Waals surface area contributed by atoms with Crippen LogP contribution in [0.1, 0.15) is 52.8 Å². The van der Waals surface area contributed by atoms with E-state index in [9.17, 15) is 4.79 Å². The highest BCUT2D eigenvalue weighted by Crippen LogP contribution is 2.38. The Bertz CT molecular complexity index is 760. The minimum absolute atomic E-state index is 0. The molecule has 27 heavy (non-hydrogen) atoms. The monoisotopic (exact) mass is 391 g/mol. The van der Waals surface area contributed by atoms with Gasteiger partial charge >= 0.3 is 0 Å². The first-order chi connectivity index (χ1) is 12.7. The van der Waals surface area contributed by atoms with E-state index in [2.05, 4.69) is 15.0 Å². The lowest BCUT2D eigenvalue weighted by Gasteiger charge is -2.21. The number of carbonyl (C=O) groups excluding carboxylic acids is 1. The smallest absolute Gasteiger partial charge is 0.253 e. The molecule has 1 aliphatic heterocycles. The van der Waals surface area contributed by atoms with Gasteiger partial charge in [0.05, 0.1) is 6.54 Å². The molecule has 1 amide bonds. The molecule has 2 aromatic rings. The maximum atomic E-state index is 12.7. The number of rotatable bonds is 5. The van der Waals surface area contributed by atoms with Crippen LogP contribution in [0.2, 0.25) is 0 Å². The molecular formula is C19H26ClN5O2. The molecule has 1 aliphatic carbocycles. The lowest BCUT2D eigenvalue weighted by Crippen LogP contribution is -2.35. The van der Waals surface area contributed by atoms with E-state index >= 15 is 0 Å². The molecule has 0 atom stereocenters. The van der Waals surface area contributed by atoms with Crippen molar-refractivity contribution >= 4 is 18.3 Å². The van der Waals surface area contributed by atoms with Crippen molar-refractivity contribution < 1.29 is 9.32 Å². The number of amides is 1. The van der Waals surface area contributed by atoms with Crippen molar-refractivity contribution in [2.45, 2.75) is 38.3 Å². The van der Waals surface area contributed by atoms with Crippen molar-refractivity contribution in [3.8, 4) is 0 Å². The first kappa shape index (κ1) is 19.8. The third-order valence-electron chi connectivity index (χ3n) is 5.09. The van der Waals surface area contributed by atoms with Gasteiger partial charge in [-0.1, -0.05) is 17.3 Å².